The molecule has 1 atom stereocenters. The van der Waals surface area contributed by atoms with Crippen LogP contribution in [0.5, 0.6) is 5.75 Å². The number of likely N-dealkylation sites (N-methyl/N-ethyl adjacent to an activating group) is 2. The number of aromatic hydroxyl groups is 1. The lowest BCUT2D eigenvalue weighted by Crippen LogP contribution is -2.46. The Labute approximate surface area is 236 Å². The second-order valence-electron chi connectivity index (χ2n) is 10.1. The number of aromatic nitrogens is 2. The van der Waals surface area contributed by atoms with Gasteiger partial charge < -0.3 is 20.2 Å². The highest BCUT2D eigenvalue weighted by Gasteiger charge is 2.35. The van der Waals surface area contributed by atoms with Gasteiger partial charge in [0, 0.05) is 53.9 Å². The van der Waals surface area contributed by atoms with Crippen LogP contribution >= 0.6 is 0 Å². The first-order valence-corrected chi connectivity index (χ1v) is 13.2. The van der Waals surface area contributed by atoms with Crippen LogP contribution in [0.2, 0.25) is 0 Å². The first-order chi connectivity index (χ1) is 19.6. The first kappa shape index (κ1) is 29.4. The van der Waals surface area contributed by atoms with E-state index < -0.39 is 46.6 Å². The fourth-order valence-electron chi connectivity index (χ4n) is 4.63. The number of hydrogen-bond donors (Lipinski definition) is 2. The zero-order valence-electron chi connectivity index (χ0n) is 23.2. The molecule has 0 spiro atoms. The maximum atomic E-state index is 13.3. The van der Waals surface area contributed by atoms with E-state index in [1.807, 2.05) is 30.3 Å². The van der Waals surface area contributed by atoms with Crippen LogP contribution in [0.3, 0.4) is 0 Å². The highest BCUT2D eigenvalue weighted by Crippen LogP contribution is 2.25. The summed E-state index contributed by atoms with van der Waals surface area (Å²) in [6.07, 6.45) is 0.711. The van der Waals surface area contributed by atoms with Gasteiger partial charge in [-0.2, -0.15) is 0 Å². The van der Waals surface area contributed by atoms with Gasteiger partial charge in [0.25, 0.3) is 11.5 Å². The van der Waals surface area contributed by atoms with Gasteiger partial charge in [-0.15, -0.1) is 0 Å². The van der Waals surface area contributed by atoms with E-state index in [0.717, 1.165) is 10.5 Å². The summed E-state index contributed by atoms with van der Waals surface area (Å²) >= 11 is 0. The van der Waals surface area contributed by atoms with Gasteiger partial charge in [-0.1, -0.05) is 42.5 Å². The van der Waals surface area contributed by atoms with E-state index in [1.54, 1.807) is 0 Å². The third-order valence-electron chi connectivity index (χ3n) is 7.06. The Hall–Kier alpha value is -4.58. The zero-order chi connectivity index (χ0) is 29.7. The predicted molar refractivity (Wildman–Crippen MR) is 149 cm³/mol. The highest BCUT2D eigenvalue weighted by molar-refractivity contribution is 6.34. The number of hydrogen-bond acceptors (Lipinski definition) is 7. The van der Waals surface area contributed by atoms with E-state index in [0.29, 0.717) is 25.1 Å². The van der Waals surface area contributed by atoms with E-state index in [9.17, 15) is 28.7 Å². The molecule has 1 aliphatic heterocycles. The lowest BCUT2D eigenvalue weighted by Gasteiger charge is -2.31. The van der Waals surface area contributed by atoms with Crippen LogP contribution in [0.1, 0.15) is 33.5 Å². The van der Waals surface area contributed by atoms with E-state index in [-0.39, 0.29) is 25.5 Å². The van der Waals surface area contributed by atoms with E-state index in [2.05, 4.69) is 15.2 Å². The van der Waals surface area contributed by atoms with Crippen LogP contribution in [0.4, 0.5) is 4.39 Å². The van der Waals surface area contributed by atoms with Gasteiger partial charge >= 0.3 is 11.8 Å². The minimum atomic E-state index is -0.873. The smallest absolute Gasteiger partial charge is 0.312 e. The summed E-state index contributed by atoms with van der Waals surface area (Å²) in [5, 5.41) is 13.3. The van der Waals surface area contributed by atoms with Crippen molar-refractivity contribution < 1.29 is 23.9 Å². The lowest BCUT2D eigenvalue weighted by molar-refractivity contribution is -0.151. The van der Waals surface area contributed by atoms with Crippen molar-refractivity contribution in [2.24, 2.45) is 0 Å². The van der Waals surface area contributed by atoms with Gasteiger partial charge in [0.1, 0.15) is 17.7 Å². The van der Waals surface area contributed by atoms with Gasteiger partial charge in [0.2, 0.25) is 5.75 Å². The van der Waals surface area contributed by atoms with Crippen LogP contribution in [-0.2, 0) is 29.1 Å². The molecule has 0 aliphatic carbocycles. The minimum absolute atomic E-state index is 0.00503. The maximum absolute atomic E-state index is 13.3. The van der Waals surface area contributed by atoms with Crippen LogP contribution < -0.4 is 10.9 Å². The average molecular weight is 565 g/mol. The number of halogens is 1. The molecule has 2 heterocycles. The summed E-state index contributed by atoms with van der Waals surface area (Å²) in [4.78, 5) is 60.9. The molecule has 0 saturated carbocycles. The standard InChI is InChI=1S/C29H33FN6O5/c1-33(2)28(40)29(41)34(3)22-18-35(14-13-19-7-5-4-6-8-19)15-16-36-25(22)32-23(24(37)27(36)39)26(38)31-17-20-9-11-21(30)12-10-20/h4-12,22,37H,13-18H2,1-3H3,(H,31,38). The Morgan fingerprint density at radius 1 is 1.00 bits per heavy atom. The van der Waals surface area contributed by atoms with Gasteiger partial charge in [-0.25, -0.2) is 9.37 Å². The summed E-state index contributed by atoms with van der Waals surface area (Å²) in [7, 11) is 4.38. The van der Waals surface area contributed by atoms with Gasteiger partial charge in [0.05, 0.1) is 0 Å². The van der Waals surface area contributed by atoms with E-state index in [4.69, 9.17) is 0 Å². The quantitative estimate of drug-likeness (QED) is 0.413. The predicted octanol–water partition coefficient (Wildman–Crippen LogP) is 1.16. The molecule has 1 aromatic heterocycles. The largest absolute Gasteiger partial charge is 0.501 e. The number of rotatable bonds is 7. The summed E-state index contributed by atoms with van der Waals surface area (Å²) in [5.41, 5.74) is 0.402. The average Bonchev–Trinajstić information content (AvgIpc) is 3.16. The van der Waals surface area contributed by atoms with Crippen molar-refractivity contribution in [3.8, 4) is 5.75 Å². The molecule has 2 N–H and O–H groups in total. The monoisotopic (exact) mass is 564 g/mol. The number of fused-ring (bicyclic) bond motifs is 1. The fourth-order valence-corrected chi connectivity index (χ4v) is 4.63. The van der Waals surface area contributed by atoms with E-state index >= 15 is 0 Å². The summed E-state index contributed by atoms with van der Waals surface area (Å²) in [6, 6.07) is 14.5. The summed E-state index contributed by atoms with van der Waals surface area (Å²) in [6.45, 7) is 1.41. The highest BCUT2D eigenvalue weighted by atomic mass is 19.1. The molecule has 1 aliphatic rings. The second-order valence-corrected chi connectivity index (χ2v) is 10.1. The first-order valence-electron chi connectivity index (χ1n) is 13.2. The Balaban J connectivity index is 1.67. The number of carbonyl (C=O) groups is 3. The molecule has 41 heavy (non-hydrogen) atoms. The van der Waals surface area contributed by atoms with Crippen molar-refractivity contribution in [1.29, 1.82) is 0 Å². The molecule has 2 aromatic carbocycles. The Kier molecular flexibility index (Phi) is 9.13. The number of nitrogens with zero attached hydrogens (tertiary/aromatic N) is 5. The molecular weight excluding hydrogens is 531 g/mol. The van der Waals surface area contributed by atoms with Crippen molar-refractivity contribution in [3.63, 3.8) is 0 Å². The SMILES string of the molecule is CN(C)C(=O)C(=O)N(C)C1CN(CCc2ccccc2)CCn2c1nc(C(=O)NCc1ccc(F)cc1)c(O)c2=O. The molecular formula is C29H33FN6O5. The van der Waals surface area contributed by atoms with Crippen molar-refractivity contribution in [1.82, 2.24) is 29.6 Å². The zero-order valence-corrected chi connectivity index (χ0v) is 23.2. The number of amides is 3. The van der Waals surface area contributed by atoms with Crippen molar-refractivity contribution >= 4 is 17.7 Å². The Morgan fingerprint density at radius 3 is 2.34 bits per heavy atom. The Bertz CT molecular complexity index is 1480. The number of nitrogens with one attached hydrogen (secondary N) is 1. The topological polar surface area (TPSA) is 128 Å². The van der Waals surface area contributed by atoms with Gasteiger partial charge in [-0.05, 0) is 29.7 Å². The number of benzene rings is 2. The van der Waals surface area contributed by atoms with Crippen LogP contribution in [0.15, 0.2) is 59.4 Å². The molecule has 0 radical (unpaired) electrons. The van der Waals surface area contributed by atoms with Crippen LogP contribution in [0, 0.1) is 5.82 Å². The minimum Gasteiger partial charge on any atom is -0.501 e. The molecule has 11 nitrogen and oxygen atoms in total. The summed E-state index contributed by atoms with van der Waals surface area (Å²) in [5.74, 6) is -3.52. The molecule has 3 amide bonds. The lowest BCUT2D eigenvalue weighted by atomic mass is 10.1. The summed E-state index contributed by atoms with van der Waals surface area (Å²) < 4.78 is 14.5. The van der Waals surface area contributed by atoms with Gasteiger partial charge in [-0.3, -0.25) is 28.6 Å². The molecule has 0 fully saturated rings. The molecule has 0 bridgehead atoms. The van der Waals surface area contributed by atoms with Gasteiger partial charge in [0.15, 0.2) is 5.69 Å². The molecule has 0 saturated heterocycles. The van der Waals surface area contributed by atoms with Crippen molar-refractivity contribution in [2.45, 2.75) is 25.6 Å². The molecule has 4 rings (SSSR count). The number of carbonyl (C=O) groups excluding carboxylic acids is 3. The molecule has 3 aromatic rings. The van der Waals surface area contributed by atoms with Crippen LogP contribution in [-0.4, -0.2) is 87.9 Å². The third kappa shape index (κ3) is 6.77. The second kappa shape index (κ2) is 12.7. The van der Waals surface area contributed by atoms with Crippen molar-refractivity contribution in [2.75, 3.05) is 40.8 Å². The van der Waals surface area contributed by atoms with Crippen LogP contribution in [0.25, 0.3) is 0 Å². The molecule has 1 unspecified atom stereocenters. The fraction of sp³-hybridized carbons (Fsp3) is 0.345. The van der Waals surface area contributed by atoms with E-state index in [1.165, 1.54) is 54.9 Å². The maximum Gasteiger partial charge on any atom is 0.312 e. The molecule has 12 heteroatoms. The third-order valence-corrected chi connectivity index (χ3v) is 7.06. The molecule has 216 valence electrons. The Morgan fingerprint density at radius 2 is 1.68 bits per heavy atom. The van der Waals surface area contributed by atoms with Crippen molar-refractivity contribution in [3.05, 3.63) is 93.4 Å². The normalized spacial score (nSPS) is 15.0.